The smallest absolute Gasteiger partial charge is 0.145 e. The summed E-state index contributed by atoms with van der Waals surface area (Å²) in [5.41, 5.74) is 0.406. The molecule has 0 atom stereocenters. The summed E-state index contributed by atoms with van der Waals surface area (Å²) in [5, 5.41) is 0. The van der Waals surface area contributed by atoms with Crippen LogP contribution >= 0.6 is 0 Å². The second-order valence-electron chi connectivity index (χ2n) is 6.18. The van der Waals surface area contributed by atoms with E-state index in [2.05, 4.69) is 20.8 Å². The van der Waals surface area contributed by atoms with Crippen molar-refractivity contribution in [2.75, 3.05) is 6.61 Å². The predicted octanol–water partition coefficient (Wildman–Crippen LogP) is 4.23. The highest BCUT2D eigenvalue weighted by molar-refractivity contribution is 5.97. The zero-order valence-corrected chi connectivity index (χ0v) is 14.7. The highest BCUT2D eigenvalue weighted by Gasteiger charge is 2.15. The second kappa shape index (κ2) is 11.3. The summed E-state index contributed by atoms with van der Waals surface area (Å²) in [5.74, 6) is 0. The monoisotopic (exact) mass is 258 g/mol. The van der Waals surface area contributed by atoms with Crippen LogP contribution in [0.3, 0.4) is 0 Å². The predicted molar refractivity (Wildman–Crippen MR) is 81.5 cm³/mol. The average Bonchev–Trinajstić information content (AvgIpc) is 2.27. The molecule has 0 rings (SSSR count). The van der Waals surface area contributed by atoms with E-state index in [1.54, 1.807) is 0 Å². The van der Waals surface area contributed by atoms with E-state index in [0.29, 0.717) is 5.41 Å². The first kappa shape index (κ1) is 17.2. The Bertz CT molecular complexity index is 157. The molecular formula is C15H34OSi. The Kier molecular flexibility index (Phi) is 11.4. The molecule has 0 aliphatic heterocycles. The maximum absolute atomic E-state index is 5.38. The molecule has 1 nitrogen and oxygen atoms in total. The molecule has 0 aromatic carbocycles. The average molecular weight is 259 g/mol. The lowest BCUT2D eigenvalue weighted by atomic mass is 9.88. The molecule has 0 unspecified atom stereocenters. The zero-order chi connectivity index (χ0) is 13.0. The van der Waals surface area contributed by atoms with Crippen molar-refractivity contribution >= 4 is 10.5 Å². The molecule has 0 aliphatic rings. The van der Waals surface area contributed by atoms with Gasteiger partial charge in [0.05, 0.1) is 0 Å². The van der Waals surface area contributed by atoms with Gasteiger partial charge in [0, 0.05) is 6.61 Å². The van der Waals surface area contributed by atoms with Crippen molar-refractivity contribution in [3.8, 4) is 0 Å². The molecule has 2 heteroatoms. The van der Waals surface area contributed by atoms with Gasteiger partial charge in [-0.1, -0.05) is 78.6 Å². The van der Waals surface area contributed by atoms with Crippen molar-refractivity contribution in [2.45, 2.75) is 85.0 Å². The van der Waals surface area contributed by atoms with E-state index in [0.717, 1.165) is 17.1 Å². The van der Waals surface area contributed by atoms with E-state index in [4.69, 9.17) is 4.43 Å². The molecule has 0 bridgehead atoms. The van der Waals surface area contributed by atoms with Crippen LogP contribution in [0.2, 0.25) is 0 Å². The Balaban J connectivity index is 3.18. The summed E-state index contributed by atoms with van der Waals surface area (Å²) in [6.45, 7) is 7.89. The van der Waals surface area contributed by atoms with Gasteiger partial charge in [0.25, 0.3) is 0 Å². The highest BCUT2D eigenvalue weighted by Crippen LogP contribution is 2.24. The van der Waals surface area contributed by atoms with Gasteiger partial charge in [-0.05, 0) is 11.8 Å². The molecular weight excluding hydrogens is 224 g/mol. The minimum Gasteiger partial charge on any atom is -0.427 e. The van der Waals surface area contributed by atoms with Crippen LogP contribution < -0.4 is 0 Å². The molecule has 0 aromatic heterocycles. The standard InChI is InChI=1S/C15H34OSi/c1-4-5-6-7-8-9-10-11-12-13-15(2,3)14-16-17/h4-14H2,1-3,17H3. The highest BCUT2D eigenvalue weighted by atomic mass is 28.2. The first-order valence-corrected chi connectivity index (χ1v) is 8.43. The first-order chi connectivity index (χ1) is 8.12. The molecule has 0 saturated heterocycles. The van der Waals surface area contributed by atoms with Gasteiger partial charge < -0.3 is 4.43 Å². The van der Waals surface area contributed by atoms with Crippen LogP contribution in [0.4, 0.5) is 0 Å². The largest absolute Gasteiger partial charge is 0.427 e. The van der Waals surface area contributed by atoms with Crippen molar-refractivity contribution < 1.29 is 4.43 Å². The third-order valence-corrected chi connectivity index (χ3v) is 3.78. The van der Waals surface area contributed by atoms with Crippen LogP contribution in [0.15, 0.2) is 0 Å². The van der Waals surface area contributed by atoms with Crippen LogP contribution in [-0.4, -0.2) is 17.1 Å². The van der Waals surface area contributed by atoms with E-state index >= 15 is 0 Å². The lowest BCUT2D eigenvalue weighted by Crippen LogP contribution is -2.18. The summed E-state index contributed by atoms with van der Waals surface area (Å²) < 4.78 is 5.38. The minimum atomic E-state index is 0.406. The molecule has 0 aliphatic carbocycles. The summed E-state index contributed by atoms with van der Waals surface area (Å²) in [7, 11) is 0.881. The summed E-state index contributed by atoms with van der Waals surface area (Å²) >= 11 is 0. The fraction of sp³-hybridized carbons (Fsp3) is 1.00. The van der Waals surface area contributed by atoms with Gasteiger partial charge >= 0.3 is 0 Å². The topological polar surface area (TPSA) is 9.23 Å². The molecule has 0 saturated carbocycles. The van der Waals surface area contributed by atoms with Crippen LogP contribution in [0.5, 0.6) is 0 Å². The lowest BCUT2D eigenvalue weighted by Gasteiger charge is -2.23. The number of rotatable bonds is 12. The summed E-state index contributed by atoms with van der Waals surface area (Å²) in [6.07, 6.45) is 14.1. The second-order valence-corrected chi connectivity index (χ2v) is 6.75. The van der Waals surface area contributed by atoms with Gasteiger partial charge in [0.15, 0.2) is 0 Å². The van der Waals surface area contributed by atoms with E-state index in [-0.39, 0.29) is 0 Å². The molecule has 0 spiro atoms. The van der Waals surface area contributed by atoms with Crippen molar-refractivity contribution in [1.82, 2.24) is 0 Å². The fourth-order valence-corrected chi connectivity index (χ4v) is 3.16. The van der Waals surface area contributed by atoms with Crippen LogP contribution in [0.1, 0.15) is 85.0 Å². The van der Waals surface area contributed by atoms with E-state index < -0.39 is 0 Å². The fourth-order valence-electron chi connectivity index (χ4n) is 2.38. The van der Waals surface area contributed by atoms with Gasteiger partial charge in [-0.15, -0.1) is 0 Å². The Morgan fingerprint density at radius 2 is 1.29 bits per heavy atom. The molecule has 0 aromatic rings. The van der Waals surface area contributed by atoms with Gasteiger partial charge in [-0.2, -0.15) is 0 Å². The van der Waals surface area contributed by atoms with E-state index in [1.807, 2.05) is 0 Å². The molecule has 17 heavy (non-hydrogen) atoms. The zero-order valence-electron chi connectivity index (χ0n) is 12.7. The third-order valence-electron chi connectivity index (χ3n) is 3.49. The summed E-state index contributed by atoms with van der Waals surface area (Å²) in [4.78, 5) is 0. The van der Waals surface area contributed by atoms with Crippen molar-refractivity contribution in [3.05, 3.63) is 0 Å². The number of hydrogen-bond donors (Lipinski definition) is 0. The Morgan fingerprint density at radius 3 is 1.76 bits per heavy atom. The minimum absolute atomic E-state index is 0.406. The van der Waals surface area contributed by atoms with Crippen LogP contribution in [0, 0.1) is 5.41 Å². The van der Waals surface area contributed by atoms with Crippen LogP contribution in [0.25, 0.3) is 0 Å². The number of hydrogen-bond acceptors (Lipinski definition) is 1. The van der Waals surface area contributed by atoms with Crippen molar-refractivity contribution in [1.29, 1.82) is 0 Å². The Morgan fingerprint density at radius 1 is 0.824 bits per heavy atom. The maximum atomic E-state index is 5.38. The quantitative estimate of drug-likeness (QED) is 0.376. The molecule has 0 N–H and O–H groups in total. The van der Waals surface area contributed by atoms with E-state index in [9.17, 15) is 0 Å². The first-order valence-electron chi connectivity index (χ1n) is 7.61. The molecule has 0 amide bonds. The van der Waals surface area contributed by atoms with Gasteiger partial charge in [-0.3, -0.25) is 0 Å². The number of unbranched alkanes of at least 4 members (excludes halogenated alkanes) is 8. The van der Waals surface area contributed by atoms with Gasteiger partial charge in [0.2, 0.25) is 0 Å². The third kappa shape index (κ3) is 12.4. The molecule has 0 radical (unpaired) electrons. The maximum Gasteiger partial charge on any atom is 0.145 e. The SMILES string of the molecule is CCCCCCCCCCCC(C)(C)CO[SiH3]. The molecule has 0 fully saturated rings. The Labute approximate surface area is 112 Å². The molecule has 0 heterocycles. The lowest BCUT2D eigenvalue weighted by molar-refractivity contribution is 0.177. The van der Waals surface area contributed by atoms with Gasteiger partial charge in [0.1, 0.15) is 10.5 Å². The Hall–Kier alpha value is 0.177. The molecule has 104 valence electrons. The van der Waals surface area contributed by atoms with E-state index in [1.165, 1.54) is 64.2 Å². The van der Waals surface area contributed by atoms with Crippen LogP contribution in [-0.2, 0) is 4.43 Å². The van der Waals surface area contributed by atoms with Crippen molar-refractivity contribution in [3.63, 3.8) is 0 Å². The summed E-state index contributed by atoms with van der Waals surface area (Å²) in [6, 6.07) is 0. The van der Waals surface area contributed by atoms with Crippen molar-refractivity contribution in [2.24, 2.45) is 5.41 Å². The normalized spacial score (nSPS) is 12.2. The van der Waals surface area contributed by atoms with Gasteiger partial charge in [-0.25, -0.2) is 0 Å².